The van der Waals surface area contributed by atoms with Crippen molar-refractivity contribution in [2.75, 3.05) is 84.4 Å². The number of ether oxygens (including phenoxy) is 5. The van der Waals surface area contributed by atoms with Gasteiger partial charge in [-0.2, -0.15) is 0 Å². The first-order valence-corrected chi connectivity index (χ1v) is 23.3. The predicted molar refractivity (Wildman–Crippen MR) is 214 cm³/mol. The third kappa shape index (κ3) is 9.98. The molecule has 2 fully saturated rings. The van der Waals surface area contributed by atoms with E-state index in [0.29, 0.717) is 18.0 Å². The van der Waals surface area contributed by atoms with Crippen LogP contribution in [0.2, 0.25) is 0 Å². The van der Waals surface area contributed by atoms with E-state index >= 15 is 0 Å². The summed E-state index contributed by atoms with van der Waals surface area (Å²) in [5.41, 5.74) is 1.22. The van der Waals surface area contributed by atoms with Crippen LogP contribution in [0.4, 0.5) is 20.2 Å². The quantitative estimate of drug-likeness (QED) is 0.107. The van der Waals surface area contributed by atoms with Crippen molar-refractivity contribution in [2.45, 2.75) is 43.7 Å². The highest BCUT2D eigenvalue weighted by atomic mass is 33.1. The number of fused-ring (bicyclic) bond motifs is 4. The van der Waals surface area contributed by atoms with Crippen molar-refractivity contribution in [3.8, 4) is 23.0 Å². The molecule has 4 aliphatic heterocycles. The van der Waals surface area contributed by atoms with Crippen LogP contribution < -0.4 is 24.3 Å². The highest BCUT2D eigenvalue weighted by molar-refractivity contribution is 8.76. The number of halogens is 2. The summed E-state index contributed by atoms with van der Waals surface area (Å²) < 4.78 is 71.5. The third-order valence-electron chi connectivity index (χ3n) is 9.88. The SMILES string of the molecule is COc1cc2c(cc1OCCP(=O)(CCOc1cc3c(cc1OC)C(=O)N1C[C@H](F)C[C@H]1C=N3)CNC(=O)CCOCCSSC)N=C[C@@H]1C[C@@H](F)CN1C2=O. The van der Waals surface area contributed by atoms with Gasteiger partial charge in [0.05, 0.1) is 94.6 Å². The van der Waals surface area contributed by atoms with Crippen LogP contribution in [0, 0.1) is 0 Å². The number of hydrogen-bond donors (Lipinski definition) is 1. The minimum atomic E-state index is -3.23. The molecule has 19 heteroatoms. The molecule has 304 valence electrons. The van der Waals surface area contributed by atoms with E-state index < -0.39 is 31.6 Å². The van der Waals surface area contributed by atoms with E-state index in [1.54, 1.807) is 46.1 Å². The molecule has 14 nitrogen and oxygen atoms in total. The molecule has 2 aromatic rings. The van der Waals surface area contributed by atoms with Crippen LogP contribution in [0.3, 0.4) is 0 Å². The average molecular weight is 838 g/mol. The molecule has 3 amide bonds. The van der Waals surface area contributed by atoms with Crippen molar-refractivity contribution < 1.29 is 51.4 Å². The molecule has 56 heavy (non-hydrogen) atoms. The Morgan fingerprint density at radius 3 is 1.82 bits per heavy atom. The number of hydrogen-bond acceptors (Lipinski definition) is 13. The zero-order valence-corrected chi connectivity index (χ0v) is 34.0. The number of nitrogens with one attached hydrogen (secondary N) is 1. The first-order chi connectivity index (χ1) is 27.0. The third-order valence-corrected chi connectivity index (χ3v) is 14.4. The average Bonchev–Trinajstić information content (AvgIpc) is 3.70. The zero-order chi connectivity index (χ0) is 39.8. The minimum Gasteiger partial charge on any atom is -0.493 e. The molecular formula is C37H46F2N5O9PS2. The Labute approximate surface area is 332 Å². The van der Waals surface area contributed by atoms with Gasteiger partial charge in [0, 0.05) is 61.9 Å². The fourth-order valence-electron chi connectivity index (χ4n) is 6.89. The number of amides is 3. The van der Waals surface area contributed by atoms with Crippen LogP contribution in [0.15, 0.2) is 34.3 Å². The largest absolute Gasteiger partial charge is 0.493 e. The van der Waals surface area contributed by atoms with Gasteiger partial charge in [-0.25, -0.2) is 8.78 Å². The minimum absolute atomic E-state index is 0.0105. The molecule has 4 heterocycles. The standard InChI is InChI=1S/C37H46F2N5O9PS2/c1-49-31-14-27-29(40-18-25-12-23(38)20-43(25)36(27)46)16-33(31)52-6-9-54(48,22-42-35(45)4-5-51-8-11-56-55-3)10-7-53-34-17-30-28(15-32(34)50-2)37(47)44-21-24(39)13-26(44)19-41-30/h14-19,23-26H,4-13,20-22H2,1-3H3,(H,42,45)/t23-,24-,25+,26+/m1/s1. The van der Waals surface area contributed by atoms with Gasteiger partial charge in [-0.1, -0.05) is 21.6 Å². The van der Waals surface area contributed by atoms with E-state index in [1.165, 1.54) is 36.2 Å². The van der Waals surface area contributed by atoms with Gasteiger partial charge in [0.2, 0.25) is 5.91 Å². The lowest BCUT2D eigenvalue weighted by Crippen LogP contribution is -2.35. The van der Waals surface area contributed by atoms with Gasteiger partial charge in [0.25, 0.3) is 11.8 Å². The second-order valence-corrected chi connectivity index (χ2v) is 19.6. The number of aliphatic imine (C=N–C) groups is 2. The second-order valence-electron chi connectivity index (χ2n) is 13.6. The van der Waals surface area contributed by atoms with Crippen molar-refractivity contribution in [3.63, 3.8) is 0 Å². The molecule has 1 N–H and O–H groups in total. The monoisotopic (exact) mass is 837 g/mol. The number of methoxy groups -OCH3 is 2. The van der Waals surface area contributed by atoms with Gasteiger partial charge in [-0.3, -0.25) is 24.4 Å². The van der Waals surface area contributed by atoms with Crippen molar-refractivity contribution in [1.29, 1.82) is 0 Å². The summed E-state index contributed by atoms with van der Waals surface area (Å²) in [6.45, 7) is 0.642. The van der Waals surface area contributed by atoms with E-state index in [9.17, 15) is 27.7 Å². The molecule has 0 radical (unpaired) electrons. The van der Waals surface area contributed by atoms with Gasteiger partial charge < -0.3 is 43.4 Å². The molecule has 0 spiro atoms. The topological polar surface area (TPSA) is 158 Å². The first kappa shape index (κ1) is 41.8. The van der Waals surface area contributed by atoms with Crippen LogP contribution in [-0.2, 0) is 14.1 Å². The predicted octanol–water partition coefficient (Wildman–Crippen LogP) is 5.55. The Kier molecular flexibility index (Phi) is 14.2. The highest BCUT2D eigenvalue weighted by Crippen LogP contribution is 2.46. The Bertz CT molecular complexity index is 1780. The van der Waals surface area contributed by atoms with Crippen molar-refractivity contribution in [1.82, 2.24) is 15.1 Å². The maximum absolute atomic E-state index is 14.5. The van der Waals surface area contributed by atoms with E-state index in [0.717, 1.165) is 5.75 Å². The Morgan fingerprint density at radius 1 is 0.821 bits per heavy atom. The van der Waals surface area contributed by atoms with Crippen molar-refractivity contribution in [3.05, 3.63) is 35.4 Å². The van der Waals surface area contributed by atoms with Gasteiger partial charge in [0.15, 0.2) is 23.0 Å². The van der Waals surface area contributed by atoms with Gasteiger partial charge in [-0.15, -0.1) is 0 Å². The lowest BCUT2D eigenvalue weighted by Gasteiger charge is -2.22. The lowest BCUT2D eigenvalue weighted by molar-refractivity contribution is -0.121. The summed E-state index contributed by atoms with van der Waals surface area (Å²) in [6, 6.07) is 5.28. The number of alkyl halides is 2. The van der Waals surface area contributed by atoms with Crippen molar-refractivity contribution in [2.24, 2.45) is 9.98 Å². The van der Waals surface area contributed by atoms with Crippen molar-refractivity contribution >= 4 is 70.3 Å². The molecule has 2 saturated heterocycles. The summed E-state index contributed by atoms with van der Waals surface area (Å²) in [6.07, 6.45) is 3.29. The fraction of sp³-hybridized carbons (Fsp3) is 0.541. The molecule has 6 rings (SSSR count). The molecule has 4 aliphatic rings. The van der Waals surface area contributed by atoms with Gasteiger partial charge in [0.1, 0.15) is 19.5 Å². The van der Waals surface area contributed by atoms with E-state index in [4.69, 9.17) is 23.7 Å². The molecule has 2 aromatic carbocycles. The number of benzene rings is 2. The first-order valence-electron chi connectivity index (χ1n) is 18.3. The maximum atomic E-state index is 14.5. The smallest absolute Gasteiger partial charge is 0.256 e. The second kappa shape index (κ2) is 19.1. The molecule has 0 aliphatic carbocycles. The fourth-order valence-corrected chi connectivity index (χ4v) is 9.80. The summed E-state index contributed by atoms with van der Waals surface area (Å²) in [5.74, 6) is 0.845. The van der Waals surface area contributed by atoms with Gasteiger partial charge in [-0.05, 0) is 18.4 Å². The Morgan fingerprint density at radius 2 is 1.34 bits per heavy atom. The molecule has 0 unspecified atom stereocenters. The number of nitrogens with zero attached hydrogens (tertiary/aromatic N) is 4. The van der Waals surface area contributed by atoms with Crippen LogP contribution in [0.1, 0.15) is 40.0 Å². The van der Waals surface area contributed by atoms with Crippen LogP contribution in [0.25, 0.3) is 0 Å². The van der Waals surface area contributed by atoms with Crippen LogP contribution in [-0.4, -0.2) is 149 Å². The van der Waals surface area contributed by atoms with Crippen LogP contribution in [0.5, 0.6) is 23.0 Å². The number of carbonyl (C=O) groups excluding carboxylic acids is 3. The number of carbonyl (C=O) groups is 3. The molecule has 4 atom stereocenters. The lowest BCUT2D eigenvalue weighted by atomic mass is 10.1. The normalized spacial score (nSPS) is 21.2. The maximum Gasteiger partial charge on any atom is 0.256 e. The Balaban J connectivity index is 1.13. The molecule has 0 saturated carbocycles. The number of rotatable bonds is 19. The highest BCUT2D eigenvalue weighted by Gasteiger charge is 2.39. The van der Waals surface area contributed by atoms with E-state index in [-0.39, 0.29) is 123 Å². The van der Waals surface area contributed by atoms with E-state index in [2.05, 4.69) is 15.3 Å². The molecular weight excluding hydrogens is 792 g/mol. The summed E-state index contributed by atoms with van der Waals surface area (Å²) in [5, 5.41) is 2.79. The Hall–Kier alpha value is -3.86. The summed E-state index contributed by atoms with van der Waals surface area (Å²) in [4.78, 5) is 51.2. The van der Waals surface area contributed by atoms with Gasteiger partial charge >= 0.3 is 0 Å². The summed E-state index contributed by atoms with van der Waals surface area (Å²) >= 11 is 0. The zero-order valence-electron chi connectivity index (χ0n) is 31.4. The van der Waals surface area contributed by atoms with E-state index in [1.807, 2.05) is 6.26 Å². The molecule has 0 bridgehead atoms. The summed E-state index contributed by atoms with van der Waals surface area (Å²) in [7, 11) is 2.93. The van der Waals surface area contributed by atoms with Crippen LogP contribution >= 0.6 is 28.7 Å². The molecule has 0 aromatic heterocycles.